The van der Waals surface area contributed by atoms with Crippen LogP contribution < -0.4 is 14.4 Å². The van der Waals surface area contributed by atoms with E-state index in [9.17, 15) is 0 Å². The molecule has 1 aliphatic rings. The van der Waals surface area contributed by atoms with Crippen molar-refractivity contribution in [3.8, 4) is 17.6 Å². The minimum Gasteiger partial charge on any atom is -0.454 e. The number of hydrogen-bond acceptors (Lipinski definition) is 4. The largest absolute Gasteiger partial charge is 0.454 e. The first kappa shape index (κ1) is 10.6. The lowest BCUT2D eigenvalue weighted by atomic mass is 10.2. The van der Waals surface area contributed by atoms with Gasteiger partial charge in [0, 0.05) is 31.8 Å². The molecule has 1 aliphatic heterocycles. The number of nitrogens with zero attached hydrogens (tertiary/aromatic N) is 2. The summed E-state index contributed by atoms with van der Waals surface area (Å²) < 4.78 is 10.6. The molecule has 0 aliphatic carbocycles. The highest BCUT2D eigenvalue weighted by Gasteiger charge is 2.14. The molecule has 0 radical (unpaired) electrons. The maximum atomic E-state index is 8.47. The highest BCUT2D eigenvalue weighted by molar-refractivity contribution is 5.56. The molecular formula is C12H14N2O2. The molecule has 0 saturated heterocycles. The summed E-state index contributed by atoms with van der Waals surface area (Å²) >= 11 is 0. The monoisotopic (exact) mass is 218 g/mol. The van der Waals surface area contributed by atoms with Gasteiger partial charge in [0.25, 0.3) is 0 Å². The van der Waals surface area contributed by atoms with Crippen molar-refractivity contribution in [2.24, 2.45) is 0 Å². The van der Waals surface area contributed by atoms with Crippen LogP contribution in [0.5, 0.6) is 11.5 Å². The fraction of sp³-hybridized carbons (Fsp3) is 0.417. The molecule has 4 nitrogen and oxygen atoms in total. The molecule has 0 N–H and O–H groups in total. The van der Waals surface area contributed by atoms with Crippen molar-refractivity contribution in [2.75, 3.05) is 25.3 Å². The maximum Gasteiger partial charge on any atom is 0.231 e. The molecule has 2 rings (SSSR count). The van der Waals surface area contributed by atoms with E-state index in [4.69, 9.17) is 14.7 Å². The molecule has 0 unspecified atom stereocenters. The Bertz CT molecular complexity index is 412. The minimum absolute atomic E-state index is 0.303. The van der Waals surface area contributed by atoms with Crippen molar-refractivity contribution in [3.63, 3.8) is 0 Å². The van der Waals surface area contributed by atoms with Crippen LogP contribution in [0.25, 0.3) is 0 Å². The molecule has 16 heavy (non-hydrogen) atoms. The average Bonchev–Trinajstić information content (AvgIpc) is 2.76. The third kappa shape index (κ3) is 2.19. The summed E-state index contributed by atoms with van der Waals surface area (Å²) in [4.78, 5) is 2.11. The lowest BCUT2D eigenvalue weighted by Gasteiger charge is -2.18. The third-order valence-electron chi connectivity index (χ3n) is 2.58. The molecule has 0 aromatic heterocycles. The van der Waals surface area contributed by atoms with E-state index in [-0.39, 0.29) is 0 Å². The summed E-state index contributed by atoms with van der Waals surface area (Å²) in [6, 6.07) is 8.03. The molecule has 1 aromatic carbocycles. The number of unbranched alkanes of at least 4 members (excludes halogenated alkanes) is 1. The first-order valence-corrected chi connectivity index (χ1v) is 5.29. The maximum absolute atomic E-state index is 8.47. The van der Waals surface area contributed by atoms with E-state index >= 15 is 0 Å². The molecule has 84 valence electrons. The minimum atomic E-state index is 0.303. The van der Waals surface area contributed by atoms with Gasteiger partial charge in [-0.2, -0.15) is 5.26 Å². The number of anilines is 1. The lowest BCUT2D eigenvalue weighted by molar-refractivity contribution is 0.174. The van der Waals surface area contributed by atoms with Gasteiger partial charge in [0.15, 0.2) is 11.5 Å². The van der Waals surface area contributed by atoms with Gasteiger partial charge in [-0.25, -0.2) is 0 Å². The van der Waals surface area contributed by atoms with Crippen LogP contribution in [0.4, 0.5) is 5.69 Å². The summed E-state index contributed by atoms with van der Waals surface area (Å²) in [6.45, 7) is 1.17. The van der Waals surface area contributed by atoms with Gasteiger partial charge in [-0.15, -0.1) is 0 Å². The Morgan fingerprint density at radius 3 is 3.00 bits per heavy atom. The third-order valence-corrected chi connectivity index (χ3v) is 2.58. The van der Waals surface area contributed by atoms with E-state index in [1.54, 1.807) is 0 Å². The van der Waals surface area contributed by atoms with E-state index < -0.39 is 0 Å². The number of rotatable bonds is 4. The van der Waals surface area contributed by atoms with Crippen molar-refractivity contribution in [2.45, 2.75) is 12.8 Å². The molecule has 0 amide bonds. The van der Waals surface area contributed by atoms with Crippen LogP contribution in [0.3, 0.4) is 0 Å². The Morgan fingerprint density at radius 2 is 2.19 bits per heavy atom. The smallest absolute Gasteiger partial charge is 0.231 e. The van der Waals surface area contributed by atoms with Crippen LogP contribution in [0.15, 0.2) is 18.2 Å². The number of fused-ring (bicyclic) bond motifs is 1. The van der Waals surface area contributed by atoms with Crippen molar-refractivity contribution in [1.82, 2.24) is 0 Å². The molecule has 0 bridgehead atoms. The van der Waals surface area contributed by atoms with Gasteiger partial charge in [-0.3, -0.25) is 0 Å². The molecule has 1 heterocycles. The fourth-order valence-electron chi connectivity index (χ4n) is 1.65. The predicted molar refractivity (Wildman–Crippen MR) is 60.7 cm³/mol. The molecule has 0 saturated carbocycles. The first-order valence-electron chi connectivity index (χ1n) is 5.29. The van der Waals surface area contributed by atoms with Gasteiger partial charge >= 0.3 is 0 Å². The molecule has 4 heteroatoms. The van der Waals surface area contributed by atoms with Gasteiger partial charge in [0.05, 0.1) is 6.07 Å². The molecular weight excluding hydrogens is 204 g/mol. The van der Waals surface area contributed by atoms with Crippen LogP contribution in [-0.4, -0.2) is 20.4 Å². The van der Waals surface area contributed by atoms with Gasteiger partial charge < -0.3 is 14.4 Å². The summed E-state index contributed by atoms with van der Waals surface area (Å²) in [7, 11) is 2.01. The Hall–Kier alpha value is -1.89. The Balaban J connectivity index is 2.01. The molecule has 0 fully saturated rings. The second kappa shape index (κ2) is 4.75. The van der Waals surface area contributed by atoms with Crippen LogP contribution in [-0.2, 0) is 0 Å². The van der Waals surface area contributed by atoms with Crippen molar-refractivity contribution < 1.29 is 9.47 Å². The van der Waals surface area contributed by atoms with E-state index in [0.717, 1.165) is 30.2 Å². The highest BCUT2D eigenvalue weighted by Crippen LogP contribution is 2.35. The fourth-order valence-corrected chi connectivity index (χ4v) is 1.65. The van der Waals surface area contributed by atoms with E-state index in [0.29, 0.717) is 13.2 Å². The quantitative estimate of drug-likeness (QED) is 0.726. The summed E-state index contributed by atoms with van der Waals surface area (Å²) in [6.07, 6.45) is 1.47. The van der Waals surface area contributed by atoms with Gasteiger partial charge in [0.1, 0.15) is 0 Å². The number of ether oxygens (including phenoxy) is 2. The zero-order chi connectivity index (χ0) is 11.4. The van der Waals surface area contributed by atoms with E-state index in [1.807, 2.05) is 25.2 Å². The van der Waals surface area contributed by atoms with Gasteiger partial charge in [-0.05, 0) is 18.6 Å². The predicted octanol–water partition coefficient (Wildman–Crippen LogP) is 2.16. The summed E-state index contributed by atoms with van der Waals surface area (Å²) in [5.74, 6) is 1.60. The Labute approximate surface area is 95.0 Å². The van der Waals surface area contributed by atoms with Crippen LogP contribution >= 0.6 is 0 Å². The standard InChI is InChI=1S/C12H14N2O2/c1-14(7-3-2-6-13)10-4-5-11-12(8-10)16-9-15-11/h4-5,8H,2-3,7,9H2,1H3. The number of benzene rings is 1. The van der Waals surface area contributed by atoms with Crippen molar-refractivity contribution >= 4 is 5.69 Å². The highest BCUT2D eigenvalue weighted by atomic mass is 16.7. The second-order valence-electron chi connectivity index (χ2n) is 3.72. The van der Waals surface area contributed by atoms with E-state index in [1.165, 1.54) is 0 Å². The van der Waals surface area contributed by atoms with Gasteiger partial charge in [-0.1, -0.05) is 0 Å². The van der Waals surface area contributed by atoms with Crippen molar-refractivity contribution in [1.29, 1.82) is 5.26 Å². The summed E-state index contributed by atoms with van der Waals surface area (Å²) in [5, 5.41) is 8.47. The SMILES string of the molecule is CN(CCCC#N)c1ccc2c(c1)OCO2. The normalized spacial score (nSPS) is 12.2. The molecule has 0 spiro atoms. The van der Waals surface area contributed by atoms with Gasteiger partial charge in [0.2, 0.25) is 6.79 Å². The van der Waals surface area contributed by atoms with Crippen LogP contribution in [0.2, 0.25) is 0 Å². The number of nitriles is 1. The second-order valence-corrected chi connectivity index (χ2v) is 3.72. The van der Waals surface area contributed by atoms with Crippen LogP contribution in [0, 0.1) is 11.3 Å². The Kier molecular flexibility index (Phi) is 3.16. The van der Waals surface area contributed by atoms with Crippen LogP contribution in [0.1, 0.15) is 12.8 Å². The average molecular weight is 218 g/mol. The molecule has 1 aromatic rings. The zero-order valence-electron chi connectivity index (χ0n) is 9.27. The summed E-state index contributed by atoms with van der Waals surface area (Å²) in [5.41, 5.74) is 1.09. The zero-order valence-corrected chi connectivity index (χ0v) is 9.27. The van der Waals surface area contributed by atoms with Crippen molar-refractivity contribution in [3.05, 3.63) is 18.2 Å². The topological polar surface area (TPSA) is 45.5 Å². The first-order chi connectivity index (χ1) is 7.81. The van der Waals surface area contributed by atoms with E-state index in [2.05, 4.69) is 11.0 Å². The lowest BCUT2D eigenvalue weighted by Crippen LogP contribution is -2.18. The Morgan fingerprint density at radius 1 is 1.38 bits per heavy atom. The number of hydrogen-bond donors (Lipinski definition) is 0. The molecule has 0 atom stereocenters.